The monoisotopic (exact) mass is 558 g/mol. The van der Waals surface area contributed by atoms with Crippen molar-refractivity contribution >= 4 is 52.6 Å². The lowest BCUT2D eigenvalue weighted by Gasteiger charge is -2.39. The number of anilines is 1. The number of rotatable bonds is 5. The number of aromatic nitrogens is 1. The SMILES string of the molecule is O=C(NCc1ccnc(F)c1)N1CC2(CCN(C/C=C/c3ccc(Cl)cc3)CC2)c2cc(Cl)c(Cl)cc21. The number of urea groups is 1. The van der Waals surface area contributed by atoms with Gasteiger partial charge in [0.15, 0.2) is 0 Å². The van der Waals surface area contributed by atoms with Gasteiger partial charge >= 0.3 is 6.03 Å². The zero-order valence-corrected chi connectivity index (χ0v) is 22.3. The van der Waals surface area contributed by atoms with E-state index in [4.69, 9.17) is 34.8 Å². The van der Waals surface area contributed by atoms with Crippen LogP contribution in [0.2, 0.25) is 15.1 Å². The van der Waals surface area contributed by atoms with E-state index in [9.17, 15) is 9.18 Å². The maximum atomic E-state index is 13.4. The summed E-state index contributed by atoms with van der Waals surface area (Å²) >= 11 is 18.8. The molecule has 37 heavy (non-hydrogen) atoms. The molecule has 2 aromatic carbocycles. The smallest absolute Gasteiger partial charge is 0.322 e. The van der Waals surface area contributed by atoms with Gasteiger partial charge in [-0.05, 0) is 79.0 Å². The third kappa shape index (κ3) is 5.78. The standard InChI is InChI=1S/C28H26Cl3FN4O/c29-21-5-3-19(4-6-21)2-1-11-35-12-8-28(9-13-35)18-36(25-16-24(31)23(30)15-22(25)28)27(37)34-17-20-7-10-33-26(32)14-20/h1-7,10,14-16H,8-9,11-13,17-18H2,(H,34,37)/b2-1+. The molecule has 0 saturated carbocycles. The highest BCUT2D eigenvalue weighted by Gasteiger charge is 2.46. The molecule has 2 amide bonds. The van der Waals surface area contributed by atoms with Crippen molar-refractivity contribution in [3.05, 3.63) is 98.5 Å². The molecular formula is C28H26Cl3FN4O. The van der Waals surface area contributed by atoms with Crippen LogP contribution in [0.15, 0.2) is 60.8 Å². The van der Waals surface area contributed by atoms with E-state index in [1.165, 1.54) is 12.3 Å². The molecule has 0 aliphatic carbocycles. The number of hydrogen-bond donors (Lipinski definition) is 1. The van der Waals surface area contributed by atoms with E-state index >= 15 is 0 Å². The number of nitrogens with one attached hydrogen (secondary N) is 1. The Balaban J connectivity index is 1.27. The number of piperidine rings is 1. The first-order chi connectivity index (χ1) is 17.8. The van der Waals surface area contributed by atoms with E-state index in [1.54, 1.807) is 17.0 Å². The van der Waals surface area contributed by atoms with Crippen LogP contribution in [0.3, 0.4) is 0 Å². The highest BCUT2D eigenvalue weighted by molar-refractivity contribution is 6.42. The van der Waals surface area contributed by atoms with Gasteiger partial charge in [0.1, 0.15) is 0 Å². The van der Waals surface area contributed by atoms with Crippen molar-refractivity contribution in [3.63, 3.8) is 0 Å². The minimum atomic E-state index is -0.576. The predicted octanol–water partition coefficient (Wildman–Crippen LogP) is 6.96. The van der Waals surface area contributed by atoms with Crippen LogP contribution in [0, 0.1) is 5.95 Å². The molecule has 2 aliphatic heterocycles. The number of carbonyl (C=O) groups is 1. The number of carbonyl (C=O) groups excluding carboxylic acids is 1. The van der Waals surface area contributed by atoms with E-state index < -0.39 is 5.95 Å². The van der Waals surface area contributed by atoms with Gasteiger partial charge in [-0.25, -0.2) is 9.78 Å². The van der Waals surface area contributed by atoms with Gasteiger partial charge in [-0.3, -0.25) is 9.80 Å². The van der Waals surface area contributed by atoms with Crippen LogP contribution in [0.5, 0.6) is 0 Å². The molecule has 0 radical (unpaired) electrons. The van der Waals surface area contributed by atoms with E-state index in [1.807, 2.05) is 30.3 Å². The van der Waals surface area contributed by atoms with Gasteiger partial charge in [0.25, 0.3) is 0 Å². The van der Waals surface area contributed by atoms with E-state index in [0.29, 0.717) is 22.2 Å². The molecule has 1 fully saturated rings. The molecule has 3 heterocycles. The number of fused-ring (bicyclic) bond motifs is 2. The van der Waals surface area contributed by atoms with Crippen LogP contribution in [0.1, 0.15) is 29.5 Å². The van der Waals surface area contributed by atoms with E-state index in [-0.39, 0.29) is 18.0 Å². The molecule has 0 atom stereocenters. The molecule has 192 valence electrons. The fourth-order valence-electron chi connectivity index (χ4n) is 5.17. The van der Waals surface area contributed by atoms with Gasteiger partial charge in [0.05, 0.1) is 15.7 Å². The molecule has 1 N–H and O–H groups in total. The van der Waals surface area contributed by atoms with Crippen LogP contribution < -0.4 is 10.2 Å². The first-order valence-corrected chi connectivity index (χ1v) is 13.3. The van der Waals surface area contributed by atoms with Crippen molar-refractivity contribution in [3.8, 4) is 0 Å². The average molecular weight is 560 g/mol. The van der Waals surface area contributed by atoms with Gasteiger partial charge in [-0.15, -0.1) is 0 Å². The lowest BCUT2D eigenvalue weighted by molar-refractivity contribution is 0.180. The molecule has 2 aliphatic rings. The molecule has 0 bridgehead atoms. The summed E-state index contributed by atoms with van der Waals surface area (Å²) in [4.78, 5) is 21.0. The van der Waals surface area contributed by atoms with Crippen LogP contribution in [-0.2, 0) is 12.0 Å². The third-order valence-electron chi connectivity index (χ3n) is 7.20. The summed E-state index contributed by atoms with van der Waals surface area (Å²) in [7, 11) is 0. The summed E-state index contributed by atoms with van der Waals surface area (Å²) in [5, 5.41) is 4.54. The zero-order valence-electron chi connectivity index (χ0n) is 20.1. The molecular weight excluding hydrogens is 534 g/mol. The Bertz CT molecular complexity index is 1320. The van der Waals surface area contributed by atoms with Crippen molar-refractivity contribution in [2.24, 2.45) is 0 Å². The highest BCUT2D eigenvalue weighted by Crippen LogP contribution is 2.49. The number of hydrogen-bond acceptors (Lipinski definition) is 3. The van der Waals surface area contributed by atoms with Crippen molar-refractivity contribution < 1.29 is 9.18 Å². The molecule has 5 nitrogen and oxygen atoms in total. The lowest BCUT2D eigenvalue weighted by atomic mass is 9.74. The topological polar surface area (TPSA) is 48.5 Å². The minimum Gasteiger partial charge on any atom is -0.334 e. The van der Waals surface area contributed by atoms with Crippen LogP contribution in [0.25, 0.3) is 6.08 Å². The predicted molar refractivity (Wildman–Crippen MR) is 148 cm³/mol. The van der Waals surface area contributed by atoms with Crippen LogP contribution >= 0.6 is 34.8 Å². The van der Waals surface area contributed by atoms with Gasteiger partial charge in [-0.2, -0.15) is 4.39 Å². The number of likely N-dealkylation sites (tertiary alicyclic amines) is 1. The molecule has 3 aromatic rings. The molecule has 1 spiro atoms. The van der Waals surface area contributed by atoms with Crippen molar-refractivity contribution in [2.45, 2.75) is 24.8 Å². The number of pyridine rings is 1. The Kier molecular flexibility index (Phi) is 7.72. The normalized spacial score (nSPS) is 16.9. The minimum absolute atomic E-state index is 0.194. The summed E-state index contributed by atoms with van der Waals surface area (Å²) in [5.41, 5.74) is 3.40. The number of nitrogens with zero attached hydrogens (tertiary/aromatic N) is 3. The Morgan fingerprint density at radius 1 is 1.05 bits per heavy atom. The van der Waals surface area contributed by atoms with Crippen molar-refractivity contribution in [1.82, 2.24) is 15.2 Å². The van der Waals surface area contributed by atoms with E-state index in [2.05, 4.69) is 27.4 Å². The van der Waals surface area contributed by atoms with Gasteiger partial charge in [-0.1, -0.05) is 59.1 Å². The second kappa shape index (κ2) is 11.0. The third-order valence-corrected chi connectivity index (χ3v) is 8.17. The summed E-state index contributed by atoms with van der Waals surface area (Å²) in [6.07, 6.45) is 7.45. The Morgan fingerprint density at radius 2 is 1.78 bits per heavy atom. The van der Waals surface area contributed by atoms with Gasteiger partial charge < -0.3 is 5.32 Å². The van der Waals surface area contributed by atoms with Gasteiger partial charge in [0, 0.05) is 36.3 Å². The average Bonchev–Trinajstić information content (AvgIpc) is 3.18. The first-order valence-electron chi connectivity index (χ1n) is 12.1. The Labute approximate surface area is 230 Å². The lowest BCUT2D eigenvalue weighted by Crippen LogP contribution is -2.47. The summed E-state index contributed by atoms with van der Waals surface area (Å²) in [5.74, 6) is -0.576. The molecule has 9 heteroatoms. The van der Waals surface area contributed by atoms with Crippen molar-refractivity contribution in [1.29, 1.82) is 0 Å². The zero-order chi connectivity index (χ0) is 26.0. The van der Waals surface area contributed by atoms with Crippen LogP contribution in [-0.4, -0.2) is 42.1 Å². The second-order valence-corrected chi connectivity index (χ2v) is 10.8. The highest BCUT2D eigenvalue weighted by atomic mass is 35.5. The molecule has 5 rings (SSSR count). The number of amides is 2. The largest absolute Gasteiger partial charge is 0.334 e. The summed E-state index contributed by atoms with van der Waals surface area (Å²) in [6, 6.07) is 14.2. The Hall–Kier alpha value is -2.64. The molecule has 1 aromatic heterocycles. The first kappa shape index (κ1) is 26.0. The summed E-state index contributed by atoms with van der Waals surface area (Å²) in [6.45, 7) is 3.39. The second-order valence-electron chi connectivity index (χ2n) is 9.55. The quantitative estimate of drug-likeness (QED) is 0.344. The maximum Gasteiger partial charge on any atom is 0.322 e. The van der Waals surface area contributed by atoms with Gasteiger partial charge in [0.2, 0.25) is 5.95 Å². The molecule has 0 unspecified atom stereocenters. The fourth-order valence-corrected chi connectivity index (χ4v) is 5.61. The fraction of sp³-hybridized carbons (Fsp3) is 0.286. The van der Waals surface area contributed by atoms with Crippen molar-refractivity contribution in [2.75, 3.05) is 31.1 Å². The van der Waals surface area contributed by atoms with E-state index in [0.717, 1.165) is 54.3 Å². The number of benzene rings is 2. The number of halogens is 4. The summed E-state index contributed by atoms with van der Waals surface area (Å²) < 4.78 is 13.4. The Morgan fingerprint density at radius 3 is 2.51 bits per heavy atom. The molecule has 1 saturated heterocycles. The maximum absolute atomic E-state index is 13.4. The van der Waals surface area contributed by atoms with Crippen LogP contribution in [0.4, 0.5) is 14.9 Å².